The van der Waals surface area contributed by atoms with E-state index in [0.29, 0.717) is 5.56 Å². The summed E-state index contributed by atoms with van der Waals surface area (Å²) in [6, 6.07) is -13.9. The third-order valence-corrected chi connectivity index (χ3v) is 21.1. The van der Waals surface area contributed by atoms with E-state index in [1.54, 1.807) is 111 Å². The van der Waals surface area contributed by atoms with E-state index in [0.717, 1.165) is 28.9 Å². The fraction of sp³-hybridized carbons (Fsp3) is 0.708. The molecule has 24 heteroatoms. The number of fused-ring (bicyclic) bond motifs is 12. The summed E-state index contributed by atoms with van der Waals surface area (Å²) in [5.74, 6) is -18.8. The number of carbonyl (C=O) groups is 4. The molecule has 12 unspecified atom stereocenters. The number of carbonyl (C=O) groups excluding carboxylic acids is 4. The van der Waals surface area contributed by atoms with Crippen molar-refractivity contribution in [2.24, 2.45) is 93.9 Å². The maximum Gasteiger partial charge on any atom is 0.323 e. The van der Waals surface area contributed by atoms with E-state index in [1.165, 1.54) is 33.3 Å². The third-order valence-electron chi connectivity index (χ3n) is 21.1. The third kappa shape index (κ3) is 23.8. The summed E-state index contributed by atoms with van der Waals surface area (Å²) < 4.78 is 383. The van der Waals surface area contributed by atoms with E-state index in [9.17, 15) is 38.4 Å². The number of piperidine rings is 4. The highest BCUT2D eigenvalue weighted by Gasteiger charge is 2.47. The molecule has 0 amide bonds. The van der Waals surface area contributed by atoms with Gasteiger partial charge in [0.05, 0.1) is 78.7 Å². The van der Waals surface area contributed by atoms with Gasteiger partial charge in [-0.1, -0.05) is 111 Å². The lowest BCUT2D eigenvalue weighted by atomic mass is 9.79. The number of esters is 4. The molecule has 8 N–H and O–H groups in total. The monoisotopic (exact) mass is 1710 g/mol. The van der Waals surface area contributed by atoms with Gasteiger partial charge in [-0.3, -0.25) is 38.8 Å². The summed E-state index contributed by atoms with van der Waals surface area (Å²) in [5, 5.41) is 0. The molecule has 16 atom stereocenters. The molecule has 24 nitrogen and oxygen atoms in total. The summed E-state index contributed by atoms with van der Waals surface area (Å²) in [6.07, 6.45) is -22.0. The van der Waals surface area contributed by atoms with Crippen molar-refractivity contribution >= 4 is 23.9 Å². The second kappa shape index (κ2) is 43.9. The zero-order valence-corrected chi connectivity index (χ0v) is 73.5. The molecule has 0 spiro atoms. The highest BCUT2D eigenvalue weighted by atomic mass is 16.6. The molecule has 672 valence electrons. The number of hydrogen-bond donors (Lipinski definition) is 4. The maximum atomic E-state index is 13.1. The van der Waals surface area contributed by atoms with E-state index < -0.39 is 251 Å². The number of benzene rings is 4. The highest BCUT2D eigenvalue weighted by Crippen LogP contribution is 2.50. The van der Waals surface area contributed by atoms with Gasteiger partial charge in [-0.05, 0) is 192 Å². The van der Waals surface area contributed by atoms with Gasteiger partial charge < -0.3 is 79.8 Å². The summed E-state index contributed by atoms with van der Waals surface area (Å²) in [4.78, 5) is 56.8. The van der Waals surface area contributed by atoms with Crippen LogP contribution in [0.25, 0.3) is 0 Å². The van der Waals surface area contributed by atoms with Gasteiger partial charge in [-0.15, -0.1) is 0 Å². The van der Waals surface area contributed by atoms with Crippen molar-refractivity contribution in [1.82, 2.24) is 19.6 Å². The molecule has 0 saturated carbocycles. The molecule has 0 aliphatic carbocycles. The average Bonchev–Trinajstić information content (AvgIpc) is 0.663. The quantitative estimate of drug-likeness (QED) is 0.0303. The van der Waals surface area contributed by atoms with Gasteiger partial charge >= 0.3 is 23.9 Å². The predicted molar refractivity (Wildman–Crippen MR) is 471 cm³/mol. The van der Waals surface area contributed by atoms with Crippen LogP contribution >= 0.6 is 0 Å². The molecule has 0 radical (unpaired) electrons. The number of methoxy groups -OCH3 is 8. The molecule has 12 rings (SSSR count). The molecule has 4 saturated heterocycles. The Morgan fingerprint density at radius 1 is 0.350 bits per heavy atom. The first-order valence-corrected chi connectivity index (χ1v) is 41.2. The van der Waals surface area contributed by atoms with Crippen LogP contribution in [-0.2, 0) is 63.8 Å². The summed E-state index contributed by atoms with van der Waals surface area (Å²) in [5.41, 5.74) is 24.3. The molecule has 8 heterocycles. The van der Waals surface area contributed by atoms with Crippen LogP contribution in [0.3, 0.4) is 0 Å². The van der Waals surface area contributed by atoms with Gasteiger partial charge in [0.15, 0.2) is 46.0 Å². The summed E-state index contributed by atoms with van der Waals surface area (Å²) >= 11 is 0. The Morgan fingerprint density at radius 3 is 0.800 bits per heavy atom. The van der Waals surface area contributed by atoms with Crippen LogP contribution in [0.5, 0.6) is 46.0 Å². The second-order valence-corrected chi connectivity index (χ2v) is 33.7. The lowest BCUT2D eigenvalue weighted by Gasteiger charge is -2.47. The van der Waals surface area contributed by atoms with Gasteiger partial charge in [0.2, 0.25) is 0 Å². The van der Waals surface area contributed by atoms with E-state index >= 15 is 0 Å². The average molecular weight is 1710 g/mol. The molecule has 4 fully saturated rings. The van der Waals surface area contributed by atoms with E-state index in [-0.39, 0.29) is 193 Å². The number of ether oxygens (including phenoxy) is 12. The van der Waals surface area contributed by atoms with E-state index in [1.807, 2.05) is 0 Å². The number of rotatable bonds is 28. The number of hydrogen-bond acceptors (Lipinski definition) is 24. The van der Waals surface area contributed by atoms with Gasteiger partial charge in [-0.25, -0.2) is 0 Å². The van der Waals surface area contributed by atoms with Crippen LogP contribution < -0.4 is 60.8 Å². The fourth-order valence-corrected chi connectivity index (χ4v) is 14.3. The van der Waals surface area contributed by atoms with Crippen molar-refractivity contribution in [3.05, 3.63) is 92.8 Å². The zero-order chi connectivity index (χ0) is 120. The van der Waals surface area contributed by atoms with Crippen molar-refractivity contribution in [3.63, 3.8) is 0 Å². The van der Waals surface area contributed by atoms with Gasteiger partial charge in [0.25, 0.3) is 0 Å². The van der Waals surface area contributed by atoms with Crippen LogP contribution in [0.1, 0.15) is 280 Å². The van der Waals surface area contributed by atoms with Crippen LogP contribution in [0.2, 0.25) is 0 Å². The van der Waals surface area contributed by atoms with Gasteiger partial charge in [0.1, 0.15) is 48.5 Å². The minimum Gasteiger partial charge on any atom is -0.493 e. The minimum absolute atomic E-state index is 0.00409. The first-order valence-electron chi connectivity index (χ1n) is 59.2. The molecule has 4 aromatic carbocycles. The molecule has 120 heavy (non-hydrogen) atoms. The Labute approximate surface area is 769 Å². The second-order valence-electron chi connectivity index (χ2n) is 33.7. The maximum absolute atomic E-state index is 13.1. The summed E-state index contributed by atoms with van der Waals surface area (Å²) in [6.45, 7) is 16.2. The van der Waals surface area contributed by atoms with E-state index in [4.69, 9.17) is 110 Å². The van der Waals surface area contributed by atoms with Crippen LogP contribution in [-0.4, -0.2) is 201 Å². The number of nitrogens with zero attached hydrogens (tertiary/aromatic N) is 4. The van der Waals surface area contributed by atoms with Crippen LogP contribution in [0.15, 0.2) is 48.3 Å². The predicted octanol–water partition coefficient (Wildman–Crippen LogP) is 14.3. The Balaban J connectivity index is 0.000000230. The molecule has 4 aromatic rings. The SMILES string of the molecule is [2H]c1c2c(c([2H])c(OC)c1OC([2H])([2H])[2H])C1N(CC2)C([2H])([2H])C([2H])(CC(C)C)C(OC(=O)[C@@H](N)C(C)C)C1([2H])[2H].[2H]c1c2c(c([2H])c(OC)c1OC([2H])([2H])[2H])C1N(CC2)C([2H])([2H])C([2H])(CC(C)C)C([2H])(OC(=O)[C@@H](N)C(C)C)C1([2H])[2H].[2H]c1c2c(c([2H])c(OC)c1OC)C1N(CC2)C([2H])([2H])C([2H])(CC(C)C)C(OC(=O)[C@@H](N)C(C)C)C1([2H])[2H].[2H]c1c2c(c([2H])c(OC)c1OC)C1N(CC2)C([2H])([2H])C([2H])(CC(C)C)C([2H])(OC(=O)[C@@H](N)C(C)C)C1([2H])[2H]. The topological polar surface area (TPSA) is 296 Å². The molecule has 8 aliphatic heterocycles. The Hall–Kier alpha value is -7.16. The highest BCUT2D eigenvalue weighted by molar-refractivity contribution is 5.77. The standard InChI is InChI=1S/4C24H38N2O4/c4*1-14(2)9-17-13-26-8-7-16-10-21(28-5)22(29-6)11-18(16)19(26)12-20(17)30-24(27)23(25)15(3)4/h4*10-11,14-15,17,19-20,23H,7-9,12-13,25H2,1-6H3/t4*17?,19?,20?,23-/m0000/s1/i5D3,10D,11D,12D2,13D2,17D,20D;10D,11D,12D2,13D2,17D,20D;5D3,10D,11D,12D2,13D2,17D;10D,11D,12D2,13D2,17D. The Bertz CT molecular complexity index is 5870. The molecular formula is C96H152N8O16. The van der Waals surface area contributed by atoms with Crippen LogP contribution in [0, 0.1) is 70.9 Å². The summed E-state index contributed by atoms with van der Waals surface area (Å²) in [7, 11) is 1.56. The smallest absolute Gasteiger partial charge is 0.323 e. The van der Waals surface area contributed by atoms with Crippen LogP contribution in [0.4, 0.5) is 0 Å². The van der Waals surface area contributed by atoms with Crippen molar-refractivity contribution < 1.29 is 125 Å². The first kappa shape index (κ1) is 57.4. The first-order chi connectivity index (χ1) is 71.0. The zero-order valence-electron chi connectivity index (χ0n) is 110. The Morgan fingerprint density at radius 2 is 0.567 bits per heavy atom. The van der Waals surface area contributed by atoms with E-state index in [2.05, 4.69) is 0 Å². The number of nitrogens with two attached hydrogens (primary N) is 4. The molecule has 0 bridgehead atoms. The van der Waals surface area contributed by atoms with Gasteiger partial charge in [-0.2, -0.15) is 0 Å². The Kier molecular flexibility index (Phi) is 21.0. The molecule has 0 aromatic heterocycles. The van der Waals surface area contributed by atoms with Crippen molar-refractivity contribution in [2.45, 2.75) is 260 Å². The van der Waals surface area contributed by atoms with Crippen molar-refractivity contribution in [2.75, 3.05) is 109 Å². The molecule has 8 aliphatic rings. The lowest BCUT2D eigenvalue weighted by Crippen LogP contribution is -2.51. The van der Waals surface area contributed by atoms with Crippen molar-refractivity contribution in [1.29, 1.82) is 0 Å². The fourth-order valence-electron chi connectivity index (χ4n) is 14.3. The normalized spacial score (nSPS) is 36.5. The van der Waals surface area contributed by atoms with Gasteiger partial charge in [0, 0.05) is 153 Å². The lowest BCUT2D eigenvalue weighted by molar-refractivity contribution is -0.161. The minimum atomic E-state index is -3.18. The van der Waals surface area contributed by atoms with Crippen molar-refractivity contribution in [3.8, 4) is 46.0 Å². The largest absolute Gasteiger partial charge is 0.493 e. The molecular weight excluding hydrogens is 1520 g/mol.